The molecule has 4 fully saturated rings. The Morgan fingerprint density at radius 1 is 0.771 bits per heavy atom. The quantitative estimate of drug-likeness (QED) is 0.401. The predicted octanol–water partition coefficient (Wildman–Crippen LogP) is 1.67. The van der Waals surface area contributed by atoms with E-state index in [9.17, 15) is 19.2 Å². The van der Waals surface area contributed by atoms with Gasteiger partial charge in [0.25, 0.3) is 5.91 Å². The van der Waals surface area contributed by atoms with Crippen LogP contribution in [0.4, 0.5) is 5.69 Å². The highest BCUT2D eigenvalue weighted by Gasteiger charge is 2.39. The number of imide groups is 1. The minimum absolute atomic E-state index is 0.122. The lowest BCUT2D eigenvalue weighted by molar-refractivity contribution is -0.137. The van der Waals surface area contributed by atoms with Crippen LogP contribution >= 0.6 is 0 Å². The van der Waals surface area contributed by atoms with Gasteiger partial charge < -0.3 is 19.5 Å². The van der Waals surface area contributed by atoms with Crippen molar-refractivity contribution in [1.29, 1.82) is 0 Å². The van der Waals surface area contributed by atoms with Gasteiger partial charge in [-0.25, -0.2) is 4.79 Å². The third-order valence-electron chi connectivity index (χ3n) is 10.8. The summed E-state index contributed by atoms with van der Waals surface area (Å²) in [6.07, 6.45) is 3.13. The van der Waals surface area contributed by atoms with Crippen LogP contribution in [0.3, 0.4) is 0 Å². The minimum Gasteiger partial charge on any atom is -0.369 e. The lowest BCUT2D eigenvalue weighted by Crippen LogP contribution is -2.52. The summed E-state index contributed by atoms with van der Waals surface area (Å²) in [6, 6.07) is 14.6. The van der Waals surface area contributed by atoms with Crippen LogP contribution in [0.25, 0.3) is 0 Å². The molecule has 0 aromatic heterocycles. The summed E-state index contributed by atoms with van der Waals surface area (Å²) in [7, 11) is 0. The van der Waals surface area contributed by atoms with E-state index in [1.165, 1.54) is 12.8 Å². The Bertz CT molecular complexity index is 1480. The number of benzene rings is 2. The van der Waals surface area contributed by atoms with Crippen molar-refractivity contribution in [3.05, 3.63) is 65.2 Å². The molecule has 5 heterocycles. The number of anilines is 1. The van der Waals surface area contributed by atoms with Gasteiger partial charge in [0.2, 0.25) is 11.8 Å². The van der Waals surface area contributed by atoms with E-state index in [2.05, 4.69) is 31.0 Å². The molecule has 3 amide bonds. The molecule has 2 aromatic carbocycles. The standard InChI is InChI=1S/C36H47N7O5/c44-33-9-8-32(34(45)37-33)43-26-29-24-30(6-7-31(29)35(43)46)41-20-16-40(17-21-41)25-27-10-12-38(13-11-27)14-15-39-18-22-42(23-19-39)48-36(47)28-4-2-1-3-5-28/h1-7,24,27,32H,8-23,25-26H2,(H,37,44,45). The SMILES string of the molecule is O=C1CCC(N2Cc3cc(N4CCN(CC5CCN(CCN6CCN(OC(=O)c7ccccc7)CC6)CC5)CC4)ccc3C2=O)C(=O)N1. The van der Waals surface area contributed by atoms with Crippen molar-refractivity contribution in [3.8, 4) is 0 Å². The Morgan fingerprint density at radius 2 is 1.46 bits per heavy atom. The van der Waals surface area contributed by atoms with E-state index in [4.69, 9.17) is 4.84 Å². The van der Waals surface area contributed by atoms with E-state index in [-0.39, 0.29) is 30.1 Å². The van der Waals surface area contributed by atoms with Gasteiger partial charge in [-0.3, -0.25) is 29.5 Å². The van der Waals surface area contributed by atoms with Crippen molar-refractivity contribution in [2.75, 3.05) is 90.0 Å². The van der Waals surface area contributed by atoms with E-state index in [1.54, 1.807) is 22.1 Å². The van der Waals surface area contributed by atoms with Crippen molar-refractivity contribution in [3.63, 3.8) is 0 Å². The Labute approximate surface area is 282 Å². The number of piperazine rings is 2. The molecule has 0 spiro atoms. The number of piperidine rings is 2. The number of carbonyl (C=O) groups excluding carboxylic acids is 4. The average molecular weight is 658 g/mol. The molecule has 4 saturated heterocycles. The average Bonchev–Trinajstić information content (AvgIpc) is 3.44. The zero-order valence-electron chi connectivity index (χ0n) is 27.7. The highest BCUT2D eigenvalue weighted by molar-refractivity contribution is 6.05. The smallest absolute Gasteiger partial charge is 0.357 e. The molecule has 2 aromatic rings. The molecule has 0 aliphatic carbocycles. The Balaban J connectivity index is 0.789. The lowest BCUT2D eigenvalue weighted by atomic mass is 9.96. The van der Waals surface area contributed by atoms with Crippen LogP contribution in [-0.2, 0) is 21.0 Å². The first-order chi connectivity index (χ1) is 23.4. The van der Waals surface area contributed by atoms with Gasteiger partial charge >= 0.3 is 5.97 Å². The molecule has 0 bridgehead atoms. The molecule has 1 N–H and O–H groups in total. The summed E-state index contributed by atoms with van der Waals surface area (Å²) in [5.41, 5.74) is 3.35. The van der Waals surface area contributed by atoms with Gasteiger partial charge in [0.15, 0.2) is 0 Å². The fourth-order valence-electron chi connectivity index (χ4n) is 7.78. The largest absolute Gasteiger partial charge is 0.369 e. The second-order valence-electron chi connectivity index (χ2n) is 13.8. The maximum Gasteiger partial charge on any atom is 0.357 e. The van der Waals surface area contributed by atoms with Gasteiger partial charge in [-0.05, 0) is 74.2 Å². The molecular weight excluding hydrogens is 610 g/mol. The predicted molar refractivity (Wildman–Crippen MR) is 180 cm³/mol. The number of nitrogens with one attached hydrogen (secondary N) is 1. The first-order valence-electron chi connectivity index (χ1n) is 17.6. The van der Waals surface area contributed by atoms with E-state index in [0.29, 0.717) is 24.1 Å². The van der Waals surface area contributed by atoms with Gasteiger partial charge in [-0.2, -0.15) is 0 Å². The van der Waals surface area contributed by atoms with E-state index in [0.717, 1.165) is 102 Å². The van der Waals surface area contributed by atoms with Crippen molar-refractivity contribution in [2.24, 2.45) is 5.92 Å². The van der Waals surface area contributed by atoms with Crippen LogP contribution in [0.5, 0.6) is 0 Å². The summed E-state index contributed by atoms with van der Waals surface area (Å²) < 4.78 is 0. The van der Waals surface area contributed by atoms with Crippen molar-refractivity contribution < 1.29 is 24.0 Å². The minimum atomic E-state index is -0.581. The van der Waals surface area contributed by atoms with Crippen molar-refractivity contribution in [1.82, 2.24) is 30.0 Å². The number of carbonyl (C=O) groups is 4. The maximum absolute atomic E-state index is 13.1. The molecule has 48 heavy (non-hydrogen) atoms. The lowest BCUT2D eigenvalue weighted by Gasteiger charge is -2.40. The summed E-state index contributed by atoms with van der Waals surface area (Å²) in [5, 5.41) is 4.17. The number of fused-ring (bicyclic) bond motifs is 1. The van der Waals surface area contributed by atoms with E-state index in [1.807, 2.05) is 30.3 Å². The number of hydroxylamine groups is 2. The zero-order chi connectivity index (χ0) is 33.0. The normalized spacial score (nSPS) is 23.8. The Morgan fingerprint density at radius 3 is 2.17 bits per heavy atom. The summed E-state index contributed by atoms with van der Waals surface area (Å²) in [6.45, 7) is 13.3. The fourth-order valence-corrected chi connectivity index (χ4v) is 7.78. The molecule has 0 saturated carbocycles. The van der Waals surface area contributed by atoms with Crippen LogP contribution in [0, 0.1) is 5.92 Å². The number of hydrogen-bond donors (Lipinski definition) is 1. The molecule has 12 nitrogen and oxygen atoms in total. The molecule has 1 atom stereocenters. The maximum atomic E-state index is 13.1. The van der Waals surface area contributed by atoms with Crippen LogP contribution in [-0.4, -0.2) is 139 Å². The molecule has 5 aliphatic heterocycles. The first-order valence-corrected chi connectivity index (χ1v) is 17.6. The summed E-state index contributed by atoms with van der Waals surface area (Å²) in [4.78, 5) is 66.7. The highest BCUT2D eigenvalue weighted by Crippen LogP contribution is 2.31. The van der Waals surface area contributed by atoms with Crippen LogP contribution in [0.15, 0.2) is 48.5 Å². The van der Waals surface area contributed by atoms with Gasteiger partial charge in [0.05, 0.1) is 5.56 Å². The molecule has 5 aliphatic rings. The van der Waals surface area contributed by atoms with Crippen molar-refractivity contribution in [2.45, 2.75) is 38.3 Å². The third-order valence-corrected chi connectivity index (χ3v) is 10.8. The topological polar surface area (TPSA) is 109 Å². The van der Waals surface area contributed by atoms with E-state index >= 15 is 0 Å². The van der Waals surface area contributed by atoms with Gasteiger partial charge in [-0.15, -0.1) is 5.06 Å². The monoisotopic (exact) mass is 657 g/mol. The number of rotatable bonds is 9. The van der Waals surface area contributed by atoms with E-state index < -0.39 is 6.04 Å². The molecule has 1 unspecified atom stereocenters. The Hall–Kier alpha value is -3.84. The summed E-state index contributed by atoms with van der Waals surface area (Å²) >= 11 is 0. The second-order valence-corrected chi connectivity index (χ2v) is 13.8. The van der Waals surface area contributed by atoms with Gasteiger partial charge in [-0.1, -0.05) is 18.2 Å². The van der Waals surface area contributed by atoms with Crippen LogP contribution in [0.2, 0.25) is 0 Å². The second kappa shape index (κ2) is 14.7. The Kier molecular flexibility index (Phi) is 10.0. The molecule has 12 heteroatoms. The summed E-state index contributed by atoms with van der Waals surface area (Å²) in [5.74, 6) is -0.307. The first kappa shape index (κ1) is 32.7. The highest BCUT2D eigenvalue weighted by atomic mass is 16.7. The number of amides is 3. The number of hydrogen-bond acceptors (Lipinski definition) is 10. The molecule has 7 rings (SSSR count). The molecule has 0 radical (unpaired) electrons. The van der Waals surface area contributed by atoms with Gasteiger partial charge in [0, 0.05) is 96.2 Å². The van der Waals surface area contributed by atoms with Gasteiger partial charge in [0.1, 0.15) is 6.04 Å². The van der Waals surface area contributed by atoms with Crippen LogP contribution < -0.4 is 10.2 Å². The van der Waals surface area contributed by atoms with Crippen LogP contribution in [0.1, 0.15) is 52.0 Å². The number of nitrogens with zero attached hydrogens (tertiary/aromatic N) is 6. The molecule has 256 valence electrons. The number of likely N-dealkylation sites (tertiary alicyclic amines) is 1. The molecular formula is C36H47N7O5. The fraction of sp³-hybridized carbons (Fsp3) is 0.556. The zero-order valence-corrected chi connectivity index (χ0v) is 27.7. The third kappa shape index (κ3) is 7.57. The van der Waals surface area contributed by atoms with Crippen molar-refractivity contribution >= 4 is 29.4 Å².